The van der Waals surface area contributed by atoms with Crippen LogP contribution in [0.3, 0.4) is 0 Å². The monoisotopic (exact) mass is 280 g/mol. The molecule has 5 heteroatoms. The molecule has 0 unspecified atom stereocenters. The van der Waals surface area contributed by atoms with Crippen LogP contribution in [-0.2, 0) is 4.74 Å². The van der Waals surface area contributed by atoms with E-state index in [0.717, 1.165) is 19.4 Å². The molecule has 1 rings (SSSR count). The molecule has 3 N–H and O–H groups in total. The second-order valence-electron chi connectivity index (χ2n) is 4.41. The summed E-state index contributed by atoms with van der Waals surface area (Å²) in [6.07, 6.45) is 2.15. The first-order chi connectivity index (χ1) is 9.69. The molecule has 0 atom stereocenters. The lowest BCUT2D eigenvalue weighted by Crippen LogP contribution is -2.27. The van der Waals surface area contributed by atoms with Gasteiger partial charge in [0, 0.05) is 18.7 Å². The van der Waals surface area contributed by atoms with Gasteiger partial charge in [0.25, 0.3) is 5.91 Å². The number of amides is 1. The smallest absolute Gasteiger partial charge is 0.251 e. The van der Waals surface area contributed by atoms with Crippen LogP contribution in [0, 0.1) is 0 Å². The molecule has 0 aliphatic carbocycles. The molecule has 5 nitrogen and oxygen atoms in total. The second kappa shape index (κ2) is 9.20. The summed E-state index contributed by atoms with van der Waals surface area (Å²) in [5.74, 6) is 0.450. The largest absolute Gasteiger partial charge is 0.492 e. The molecule has 0 aliphatic rings. The number of rotatable bonds is 9. The quantitative estimate of drug-likeness (QED) is 0.537. The average Bonchev–Trinajstić information content (AvgIpc) is 2.45. The molecule has 1 aromatic carbocycles. The lowest BCUT2D eigenvalue weighted by atomic mass is 10.2. The molecule has 0 saturated carbocycles. The minimum atomic E-state index is -0.154. The Morgan fingerprint density at radius 2 is 2.10 bits per heavy atom. The van der Waals surface area contributed by atoms with Gasteiger partial charge < -0.3 is 20.5 Å². The van der Waals surface area contributed by atoms with E-state index in [9.17, 15) is 4.79 Å². The highest BCUT2D eigenvalue weighted by Crippen LogP contribution is 2.22. The molecule has 1 amide bonds. The fourth-order valence-corrected chi connectivity index (χ4v) is 1.66. The highest BCUT2D eigenvalue weighted by atomic mass is 16.5. The molecule has 0 heterocycles. The van der Waals surface area contributed by atoms with Crippen molar-refractivity contribution in [2.24, 2.45) is 0 Å². The molecular formula is C15H24N2O3. The maximum Gasteiger partial charge on any atom is 0.251 e. The van der Waals surface area contributed by atoms with Crippen LogP contribution in [-0.4, -0.2) is 32.3 Å². The van der Waals surface area contributed by atoms with Crippen LogP contribution in [0.25, 0.3) is 0 Å². The summed E-state index contributed by atoms with van der Waals surface area (Å²) in [5, 5.41) is 2.79. The first-order valence-electron chi connectivity index (χ1n) is 7.07. The Morgan fingerprint density at radius 1 is 1.30 bits per heavy atom. The molecule has 0 radical (unpaired) electrons. The Kier molecular flexibility index (Phi) is 7.50. The molecule has 0 aromatic heterocycles. The van der Waals surface area contributed by atoms with Crippen molar-refractivity contribution >= 4 is 11.6 Å². The van der Waals surface area contributed by atoms with E-state index < -0.39 is 0 Å². The molecule has 0 bridgehead atoms. The van der Waals surface area contributed by atoms with Gasteiger partial charge in [-0.05, 0) is 31.5 Å². The highest BCUT2D eigenvalue weighted by Gasteiger charge is 2.08. The van der Waals surface area contributed by atoms with Crippen LogP contribution < -0.4 is 15.8 Å². The predicted molar refractivity (Wildman–Crippen MR) is 80.1 cm³/mol. The minimum absolute atomic E-state index is 0.154. The maximum atomic E-state index is 11.9. The fourth-order valence-electron chi connectivity index (χ4n) is 1.66. The third-order valence-electron chi connectivity index (χ3n) is 2.75. The summed E-state index contributed by atoms with van der Waals surface area (Å²) in [6, 6.07) is 5.04. The van der Waals surface area contributed by atoms with Gasteiger partial charge in [0.05, 0.1) is 18.9 Å². The Balaban J connectivity index is 2.38. The van der Waals surface area contributed by atoms with Crippen molar-refractivity contribution in [1.29, 1.82) is 0 Å². The molecule has 0 aliphatic heterocycles. The van der Waals surface area contributed by atoms with Gasteiger partial charge in [-0.15, -0.1) is 0 Å². The number of nitrogens with one attached hydrogen (secondary N) is 1. The van der Waals surface area contributed by atoms with Gasteiger partial charge in [0.15, 0.2) is 0 Å². The lowest BCUT2D eigenvalue weighted by Gasteiger charge is -2.09. The molecular weight excluding hydrogens is 256 g/mol. The molecule has 0 saturated heterocycles. The van der Waals surface area contributed by atoms with Crippen molar-refractivity contribution in [2.45, 2.75) is 26.7 Å². The summed E-state index contributed by atoms with van der Waals surface area (Å²) >= 11 is 0. The SMILES string of the molecule is CCCCOCCNC(=O)c1ccc(OCC)c(N)c1. The van der Waals surface area contributed by atoms with Crippen LogP contribution in [0.5, 0.6) is 5.75 Å². The van der Waals surface area contributed by atoms with Gasteiger partial charge in [-0.1, -0.05) is 13.3 Å². The Hall–Kier alpha value is -1.75. The number of hydrogen-bond acceptors (Lipinski definition) is 4. The Labute approximate surface area is 120 Å². The zero-order chi connectivity index (χ0) is 14.8. The van der Waals surface area contributed by atoms with Gasteiger partial charge in [0.1, 0.15) is 5.75 Å². The zero-order valence-corrected chi connectivity index (χ0v) is 12.3. The molecule has 1 aromatic rings. The number of benzene rings is 1. The number of carbonyl (C=O) groups excluding carboxylic acids is 1. The standard InChI is InChI=1S/C15H24N2O3/c1-3-5-9-19-10-8-17-15(18)12-6-7-14(20-4-2)13(16)11-12/h6-7,11H,3-5,8-10,16H2,1-2H3,(H,17,18). The van der Waals surface area contributed by atoms with Crippen molar-refractivity contribution in [1.82, 2.24) is 5.32 Å². The lowest BCUT2D eigenvalue weighted by molar-refractivity contribution is 0.0913. The highest BCUT2D eigenvalue weighted by molar-refractivity contribution is 5.95. The van der Waals surface area contributed by atoms with E-state index in [1.807, 2.05) is 6.92 Å². The molecule has 0 spiro atoms. The molecule has 20 heavy (non-hydrogen) atoms. The van der Waals surface area contributed by atoms with E-state index in [0.29, 0.717) is 36.8 Å². The molecule has 112 valence electrons. The first kappa shape index (κ1) is 16.3. The number of hydrogen-bond donors (Lipinski definition) is 2. The number of nitrogen functional groups attached to an aromatic ring is 1. The van der Waals surface area contributed by atoms with Crippen LogP contribution in [0.4, 0.5) is 5.69 Å². The minimum Gasteiger partial charge on any atom is -0.492 e. The number of unbranched alkanes of at least 4 members (excludes halogenated alkanes) is 1. The zero-order valence-electron chi connectivity index (χ0n) is 12.3. The van der Waals surface area contributed by atoms with Gasteiger partial charge in [-0.2, -0.15) is 0 Å². The van der Waals surface area contributed by atoms with Crippen LogP contribution >= 0.6 is 0 Å². The van der Waals surface area contributed by atoms with Crippen LogP contribution in [0.15, 0.2) is 18.2 Å². The van der Waals surface area contributed by atoms with Gasteiger partial charge in [-0.25, -0.2) is 0 Å². The third-order valence-corrected chi connectivity index (χ3v) is 2.75. The number of nitrogens with two attached hydrogens (primary N) is 1. The summed E-state index contributed by atoms with van der Waals surface area (Å²) in [6.45, 7) is 6.31. The van der Waals surface area contributed by atoms with Crippen molar-refractivity contribution in [3.05, 3.63) is 23.8 Å². The van der Waals surface area contributed by atoms with E-state index in [2.05, 4.69) is 12.2 Å². The second-order valence-corrected chi connectivity index (χ2v) is 4.41. The maximum absolute atomic E-state index is 11.9. The predicted octanol–water partition coefficient (Wildman–Crippen LogP) is 2.21. The van der Waals surface area contributed by atoms with E-state index in [1.54, 1.807) is 18.2 Å². The number of carbonyl (C=O) groups is 1. The van der Waals surface area contributed by atoms with Crippen molar-refractivity contribution in [3.63, 3.8) is 0 Å². The first-order valence-corrected chi connectivity index (χ1v) is 7.07. The summed E-state index contributed by atoms with van der Waals surface area (Å²) < 4.78 is 10.7. The van der Waals surface area contributed by atoms with E-state index in [-0.39, 0.29) is 5.91 Å². The van der Waals surface area contributed by atoms with E-state index in [1.165, 1.54) is 0 Å². The van der Waals surface area contributed by atoms with Gasteiger partial charge in [0.2, 0.25) is 0 Å². The Bertz CT molecular complexity index is 422. The Morgan fingerprint density at radius 3 is 2.75 bits per heavy atom. The van der Waals surface area contributed by atoms with Gasteiger partial charge in [-0.3, -0.25) is 4.79 Å². The van der Waals surface area contributed by atoms with Gasteiger partial charge >= 0.3 is 0 Å². The van der Waals surface area contributed by atoms with Crippen LogP contribution in [0.1, 0.15) is 37.0 Å². The van der Waals surface area contributed by atoms with E-state index in [4.69, 9.17) is 15.2 Å². The summed E-state index contributed by atoms with van der Waals surface area (Å²) in [4.78, 5) is 11.9. The van der Waals surface area contributed by atoms with E-state index >= 15 is 0 Å². The number of anilines is 1. The average molecular weight is 280 g/mol. The third kappa shape index (κ3) is 5.48. The van der Waals surface area contributed by atoms with Crippen molar-refractivity contribution < 1.29 is 14.3 Å². The van der Waals surface area contributed by atoms with Crippen LogP contribution in [0.2, 0.25) is 0 Å². The normalized spacial score (nSPS) is 10.3. The number of ether oxygens (including phenoxy) is 2. The van der Waals surface area contributed by atoms with Crippen molar-refractivity contribution in [3.8, 4) is 5.75 Å². The summed E-state index contributed by atoms with van der Waals surface area (Å²) in [7, 11) is 0. The van der Waals surface area contributed by atoms with Crippen molar-refractivity contribution in [2.75, 3.05) is 32.1 Å². The summed E-state index contributed by atoms with van der Waals surface area (Å²) in [5.41, 5.74) is 6.82. The fraction of sp³-hybridized carbons (Fsp3) is 0.533. The molecule has 0 fully saturated rings. The topological polar surface area (TPSA) is 73.6 Å².